The minimum absolute atomic E-state index is 0. The standard InChI is InChI=1S/C14H21N2.C8H11N.C5H11N.C3H9N.CH5N.K/c1-4-14(16(5-2)6-3)15-12-13-10-8-7-9-11-13;1-7(9)8-5-3-2-4-6-8;1-5-2-3-6-4-5;1-2-3-4;1-2;/h5,7-11,14H,2,4,6,12H2,1,3H3;2-7H,9H2,1H3;5-6H,2-4H2,1H3;2-4H2,1H3;2H2,1H3;/q-1;;;;;+1/t14-;;5-;;;/m0.1.../s1. The molecule has 6 nitrogen and oxygen atoms in total. The monoisotopic (exact) mass is 552 g/mol. The molecule has 0 radical (unpaired) electrons. The largest absolute Gasteiger partial charge is 1.00 e. The minimum atomic E-state index is 0. The molecule has 1 heterocycles. The number of hydrogen-bond donors (Lipinski definition) is 4. The SMILES string of the molecule is C=CN(CC)[C@@H](CC)[N-]Cc1ccccc1.CC(N)c1ccccc1.CCCN.CN.C[C@@H]1CCNC1.[K+]. The molecule has 38 heavy (non-hydrogen) atoms. The predicted molar refractivity (Wildman–Crippen MR) is 165 cm³/mol. The first kappa shape index (κ1) is 41.9. The van der Waals surface area contributed by atoms with Gasteiger partial charge in [0.1, 0.15) is 0 Å². The van der Waals surface area contributed by atoms with E-state index in [2.05, 4.69) is 74.5 Å². The first-order valence-corrected chi connectivity index (χ1v) is 13.8. The Labute approximate surface area is 278 Å². The predicted octanol–water partition coefficient (Wildman–Crippen LogP) is 3.02. The zero-order chi connectivity index (χ0) is 28.3. The summed E-state index contributed by atoms with van der Waals surface area (Å²) in [5.41, 5.74) is 17.6. The Bertz CT molecular complexity index is 707. The summed E-state index contributed by atoms with van der Waals surface area (Å²) >= 11 is 0. The Morgan fingerprint density at radius 2 is 1.58 bits per heavy atom. The van der Waals surface area contributed by atoms with Gasteiger partial charge < -0.3 is 32.7 Å². The van der Waals surface area contributed by atoms with Gasteiger partial charge in [0.05, 0.1) is 0 Å². The molecule has 0 aromatic heterocycles. The van der Waals surface area contributed by atoms with Crippen molar-refractivity contribution in [3.8, 4) is 0 Å². The van der Waals surface area contributed by atoms with Crippen LogP contribution >= 0.6 is 0 Å². The van der Waals surface area contributed by atoms with Crippen LogP contribution in [0.4, 0.5) is 0 Å². The van der Waals surface area contributed by atoms with Crippen molar-refractivity contribution in [1.29, 1.82) is 0 Å². The van der Waals surface area contributed by atoms with E-state index < -0.39 is 0 Å². The van der Waals surface area contributed by atoms with Gasteiger partial charge in [-0.25, -0.2) is 0 Å². The van der Waals surface area contributed by atoms with Crippen LogP contribution < -0.4 is 73.9 Å². The summed E-state index contributed by atoms with van der Waals surface area (Å²) in [6, 6.07) is 20.6. The molecule has 3 atom stereocenters. The Balaban J connectivity index is -0.000000469. The molecular formula is C31H57KN6. The van der Waals surface area contributed by atoms with E-state index in [9.17, 15) is 0 Å². The van der Waals surface area contributed by atoms with Crippen molar-refractivity contribution < 1.29 is 51.4 Å². The molecule has 1 unspecified atom stereocenters. The summed E-state index contributed by atoms with van der Waals surface area (Å²) in [6.45, 7) is 19.5. The van der Waals surface area contributed by atoms with E-state index in [0.717, 1.165) is 38.4 Å². The van der Waals surface area contributed by atoms with E-state index in [-0.39, 0.29) is 63.6 Å². The number of rotatable bonds is 9. The van der Waals surface area contributed by atoms with Gasteiger partial charge in [-0.15, -0.1) is 6.54 Å². The number of nitrogens with one attached hydrogen (secondary N) is 1. The first-order chi connectivity index (χ1) is 17.9. The topological polar surface area (TPSA) is 107 Å². The first-order valence-electron chi connectivity index (χ1n) is 13.8. The fraction of sp³-hybridized carbons (Fsp3) is 0.548. The molecule has 1 aliphatic heterocycles. The van der Waals surface area contributed by atoms with Gasteiger partial charge in [-0.05, 0) is 71.1 Å². The van der Waals surface area contributed by atoms with E-state index in [0.29, 0.717) is 0 Å². The fourth-order valence-corrected chi connectivity index (χ4v) is 3.28. The molecule has 0 amide bonds. The minimum Gasteiger partial charge on any atom is -0.639 e. The van der Waals surface area contributed by atoms with Crippen molar-refractivity contribution in [2.45, 2.75) is 72.6 Å². The van der Waals surface area contributed by atoms with Crippen LogP contribution in [0, 0.1) is 5.92 Å². The second-order valence-corrected chi connectivity index (χ2v) is 8.81. The Kier molecular flexibility index (Phi) is 34.1. The average Bonchev–Trinajstić information content (AvgIpc) is 3.45. The van der Waals surface area contributed by atoms with E-state index in [4.69, 9.17) is 16.8 Å². The van der Waals surface area contributed by atoms with E-state index in [1.165, 1.54) is 37.7 Å². The Morgan fingerprint density at radius 1 is 1.05 bits per heavy atom. The van der Waals surface area contributed by atoms with Crippen LogP contribution in [0.3, 0.4) is 0 Å². The number of nitrogens with zero attached hydrogens (tertiary/aromatic N) is 2. The summed E-state index contributed by atoms with van der Waals surface area (Å²) in [6.07, 6.45) is 5.62. The van der Waals surface area contributed by atoms with Crippen LogP contribution in [-0.4, -0.2) is 44.3 Å². The van der Waals surface area contributed by atoms with Gasteiger partial charge in [0.25, 0.3) is 0 Å². The summed E-state index contributed by atoms with van der Waals surface area (Å²) in [4.78, 5) is 2.17. The van der Waals surface area contributed by atoms with Crippen molar-refractivity contribution in [3.63, 3.8) is 0 Å². The third-order valence-corrected chi connectivity index (χ3v) is 5.60. The summed E-state index contributed by atoms with van der Waals surface area (Å²) in [5, 5.41) is 7.98. The maximum Gasteiger partial charge on any atom is 1.00 e. The molecule has 0 saturated carbocycles. The molecule has 7 heteroatoms. The third-order valence-electron chi connectivity index (χ3n) is 5.60. The second kappa shape index (κ2) is 31.0. The normalized spacial score (nSPS) is 14.6. The molecule has 0 aliphatic carbocycles. The molecule has 0 bridgehead atoms. The number of benzene rings is 2. The van der Waals surface area contributed by atoms with Crippen molar-refractivity contribution in [1.82, 2.24) is 10.2 Å². The van der Waals surface area contributed by atoms with Crippen molar-refractivity contribution in [2.24, 2.45) is 23.1 Å². The van der Waals surface area contributed by atoms with E-state index in [1.54, 1.807) is 0 Å². The molecule has 7 N–H and O–H groups in total. The number of nitrogens with two attached hydrogens (primary N) is 3. The van der Waals surface area contributed by atoms with Crippen LogP contribution in [0.25, 0.3) is 5.32 Å². The fourth-order valence-electron chi connectivity index (χ4n) is 3.28. The van der Waals surface area contributed by atoms with Crippen LogP contribution in [0.5, 0.6) is 0 Å². The van der Waals surface area contributed by atoms with Crippen LogP contribution in [0.1, 0.15) is 71.0 Å². The Morgan fingerprint density at radius 3 is 1.87 bits per heavy atom. The molecule has 1 fully saturated rings. The summed E-state index contributed by atoms with van der Waals surface area (Å²) < 4.78 is 0. The molecule has 2 aromatic carbocycles. The molecule has 1 aliphatic rings. The smallest absolute Gasteiger partial charge is 0.639 e. The maximum absolute atomic E-state index is 5.61. The molecule has 3 rings (SSSR count). The zero-order valence-corrected chi connectivity index (χ0v) is 28.7. The molecular weight excluding hydrogens is 495 g/mol. The summed E-state index contributed by atoms with van der Waals surface area (Å²) in [5.74, 6) is 0.935. The quantitative estimate of drug-likeness (QED) is 0.358. The van der Waals surface area contributed by atoms with Crippen LogP contribution in [0.2, 0.25) is 0 Å². The van der Waals surface area contributed by atoms with Gasteiger partial charge in [0, 0.05) is 12.6 Å². The maximum atomic E-state index is 5.61. The van der Waals surface area contributed by atoms with Crippen molar-refractivity contribution >= 4 is 0 Å². The van der Waals surface area contributed by atoms with Crippen molar-refractivity contribution in [3.05, 3.63) is 89.9 Å². The van der Waals surface area contributed by atoms with Gasteiger partial charge in [-0.2, -0.15) is 0 Å². The van der Waals surface area contributed by atoms with Crippen molar-refractivity contribution in [2.75, 3.05) is 33.2 Å². The molecule has 212 valence electrons. The summed E-state index contributed by atoms with van der Waals surface area (Å²) in [7, 11) is 1.50. The molecule has 0 spiro atoms. The zero-order valence-electron chi connectivity index (χ0n) is 25.6. The third kappa shape index (κ3) is 23.3. The van der Waals surface area contributed by atoms with Gasteiger partial charge in [-0.3, -0.25) is 0 Å². The van der Waals surface area contributed by atoms with E-state index >= 15 is 0 Å². The van der Waals surface area contributed by atoms with E-state index in [1.807, 2.05) is 49.5 Å². The molecule has 1 saturated heterocycles. The average molecular weight is 553 g/mol. The van der Waals surface area contributed by atoms with Crippen LogP contribution in [0.15, 0.2) is 73.4 Å². The van der Waals surface area contributed by atoms with Gasteiger partial charge >= 0.3 is 51.4 Å². The molecule has 2 aromatic rings. The second-order valence-electron chi connectivity index (χ2n) is 8.81. The van der Waals surface area contributed by atoms with Gasteiger partial charge in [0.2, 0.25) is 0 Å². The Hall–Kier alpha value is -0.584. The van der Waals surface area contributed by atoms with Gasteiger partial charge in [0.15, 0.2) is 0 Å². The van der Waals surface area contributed by atoms with Crippen LogP contribution in [-0.2, 0) is 6.54 Å². The van der Waals surface area contributed by atoms with Gasteiger partial charge in [-0.1, -0.05) is 106 Å². The number of hydrogen-bond acceptors (Lipinski definition) is 5.